The van der Waals surface area contributed by atoms with E-state index in [4.69, 9.17) is 18.5 Å². The molecule has 6 N–H and O–H groups in total. The Morgan fingerprint density at radius 2 is 0.915 bits per heavy atom. The van der Waals surface area contributed by atoms with Gasteiger partial charge in [0.15, 0.2) is 6.10 Å². The molecule has 0 amide bonds. The molecule has 0 aromatic carbocycles. The number of hydrogen-bond donors (Lipinski definition) is 6. The van der Waals surface area contributed by atoms with Crippen molar-refractivity contribution in [3.8, 4) is 0 Å². The number of esters is 2. The van der Waals surface area contributed by atoms with Gasteiger partial charge in [-0.25, -0.2) is 4.57 Å². The van der Waals surface area contributed by atoms with Crippen molar-refractivity contribution in [2.24, 2.45) is 0 Å². The Bertz CT molecular complexity index is 1130. The third kappa shape index (κ3) is 28.5. The molecule has 8 atom stereocenters. The van der Waals surface area contributed by atoms with E-state index in [1.807, 2.05) is 0 Å². The molecule has 0 spiro atoms. The molecule has 14 heteroatoms. The third-order valence-corrected chi connectivity index (χ3v) is 11.8. The molecule has 1 aliphatic carbocycles. The van der Waals surface area contributed by atoms with Crippen molar-refractivity contribution in [3.63, 3.8) is 0 Å². The van der Waals surface area contributed by atoms with Crippen molar-refractivity contribution in [2.45, 2.75) is 236 Å². The second kappa shape index (κ2) is 35.9. The van der Waals surface area contributed by atoms with Crippen LogP contribution in [-0.2, 0) is 32.7 Å². The zero-order valence-electron chi connectivity index (χ0n) is 36.6. The van der Waals surface area contributed by atoms with E-state index < -0.39 is 75.7 Å². The van der Waals surface area contributed by atoms with E-state index in [9.17, 15) is 44.6 Å². The predicted octanol–water partition coefficient (Wildman–Crippen LogP) is 8.84. The summed E-state index contributed by atoms with van der Waals surface area (Å²) in [7, 11) is -5.12. The van der Waals surface area contributed by atoms with Gasteiger partial charge in [-0.3, -0.25) is 18.6 Å². The van der Waals surface area contributed by atoms with Crippen LogP contribution in [0.1, 0.15) is 194 Å². The fraction of sp³-hybridized carbons (Fsp3) is 0.867. The average molecular weight is 863 g/mol. The van der Waals surface area contributed by atoms with Crippen molar-refractivity contribution >= 4 is 19.8 Å². The Hall–Kier alpha value is -1.67. The number of carbonyl (C=O) groups is 2. The topological polar surface area (TPSA) is 210 Å². The van der Waals surface area contributed by atoms with Gasteiger partial charge in [-0.15, -0.1) is 0 Å². The SMILES string of the molecule is CCCCCC=CCC=CCCCCCCCC(=O)O[C@H](COC(=O)CCCCCCCCCCCCCCCCC)COP(=O)(O)OC1C(O)C(O)C(O)[C@@H](O)C1O. The van der Waals surface area contributed by atoms with Crippen LogP contribution in [0.4, 0.5) is 0 Å². The number of phosphoric acid groups is 1. The first kappa shape index (κ1) is 55.3. The number of ether oxygens (including phenoxy) is 2. The molecular weight excluding hydrogens is 779 g/mol. The Labute approximate surface area is 356 Å². The molecule has 346 valence electrons. The number of aliphatic hydroxyl groups excluding tert-OH is 5. The summed E-state index contributed by atoms with van der Waals surface area (Å²) in [5.41, 5.74) is 0. The van der Waals surface area contributed by atoms with Crippen LogP contribution < -0.4 is 0 Å². The fourth-order valence-corrected chi connectivity index (χ4v) is 8.00. The lowest BCUT2D eigenvalue weighted by atomic mass is 9.85. The lowest BCUT2D eigenvalue weighted by Crippen LogP contribution is -2.64. The first-order valence-electron chi connectivity index (χ1n) is 23.1. The van der Waals surface area contributed by atoms with Crippen molar-refractivity contribution in [2.75, 3.05) is 13.2 Å². The van der Waals surface area contributed by atoms with E-state index in [0.29, 0.717) is 12.8 Å². The predicted molar refractivity (Wildman–Crippen MR) is 230 cm³/mol. The summed E-state index contributed by atoms with van der Waals surface area (Å²) in [6.45, 7) is 3.27. The van der Waals surface area contributed by atoms with Crippen molar-refractivity contribution < 1.29 is 63.1 Å². The molecule has 0 aromatic heterocycles. The first-order chi connectivity index (χ1) is 28.4. The molecule has 1 saturated carbocycles. The second-order valence-corrected chi connectivity index (χ2v) is 17.7. The lowest BCUT2D eigenvalue weighted by molar-refractivity contribution is -0.220. The minimum absolute atomic E-state index is 0.0832. The van der Waals surface area contributed by atoms with E-state index in [1.165, 1.54) is 89.9 Å². The van der Waals surface area contributed by atoms with E-state index >= 15 is 0 Å². The molecule has 1 aliphatic rings. The van der Waals surface area contributed by atoms with Crippen LogP contribution >= 0.6 is 7.82 Å². The Balaban J connectivity index is 2.47. The highest BCUT2D eigenvalue weighted by molar-refractivity contribution is 7.47. The zero-order chi connectivity index (χ0) is 43.6. The number of rotatable bonds is 38. The molecule has 0 aliphatic heterocycles. The van der Waals surface area contributed by atoms with Crippen molar-refractivity contribution in [3.05, 3.63) is 24.3 Å². The van der Waals surface area contributed by atoms with Gasteiger partial charge < -0.3 is 39.9 Å². The smallest absolute Gasteiger partial charge is 0.462 e. The fourth-order valence-electron chi connectivity index (χ4n) is 7.02. The highest BCUT2D eigenvalue weighted by Crippen LogP contribution is 2.47. The highest BCUT2D eigenvalue weighted by atomic mass is 31.2. The summed E-state index contributed by atoms with van der Waals surface area (Å²) in [5, 5.41) is 50.1. The molecule has 59 heavy (non-hydrogen) atoms. The number of phosphoric ester groups is 1. The van der Waals surface area contributed by atoms with Crippen molar-refractivity contribution in [1.82, 2.24) is 0 Å². The van der Waals surface area contributed by atoms with Crippen LogP contribution in [0.2, 0.25) is 0 Å². The Morgan fingerprint density at radius 1 is 0.525 bits per heavy atom. The van der Waals surface area contributed by atoms with Gasteiger partial charge in [0, 0.05) is 12.8 Å². The molecule has 1 rings (SSSR count). The van der Waals surface area contributed by atoms with E-state index in [2.05, 4.69) is 38.2 Å². The first-order valence-corrected chi connectivity index (χ1v) is 24.6. The summed E-state index contributed by atoms with van der Waals surface area (Å²) in [4.78, 5) is 35.7. The van der Waals surface area contributed by atoms with Gasteiger partial charge in [-0.1, -0.05) is 160 Å². The second-order valence-electron chi connectivity index (χ2n) is 16.3. The summed E-state index contributed by atoms with van der Waals surface area (Å²) in [5.74, 6) is -1.11. The zero-order valence-corrected chi connectivity index (χ0v) is 37.4. The minimum atomic E-state index is -5.12. The van der Waals surface area contributed by atoms with Crippen LogP contribution in [0.5, 0.6) is 0 Å². The molecule has 1 fully saturated rings. The highest BCUT2D eigenvalue weighted by Gasteiger charge is 2.51. The summed E-state index contributed by atoms with van der Waals surface area (Å²) in [6.07, 6.45) is 25.1. The van der Waals surface area contributed by atoms with E-state index in [0.717, 1.165) is 64.2 Å². The number of carbonyl (C=O) groups excluding carboxylic acids is 2. The molecular formula is C45H83O13P. The van der Waals surface area contributed by atoms with E-state index in [-0.39, 0.29) is 12.8 Å². The number of hydrogen-bond acceptors (Lipinski definition) is 12. The summed E-state index contributed by atoms with van der Waals surface area (Å²) in [6, 6.07) is 0. The molecule has 0 saturated heterocycles. The molecule has 0 bridgehead atoms. The molecule has 6 unspecified atom stereocenters. The van der Waals surface area contributed by atoms with Gasteiger partial charge in [0.25, 0.3) is 0 Å². The molecule has 13 nitrogen and oxygen atoms in total. The van der Waals surface area contributed by atoms with Crippen LogP contribution in [0, 0.1) is 0 Å². The third-order valence-electron chi connectivity index (χ3n) is 10.8. The minimum Gasteiger partial charge on any atom is -0.462 e. The maximum absolute atomic E-state index is 12.8. The average Bonchev–Trinajstić information content (AvgIpc) is 3.21. The Kier molecular flexibility index (Phi) is 33.7. The van der Waals surface area contributed by atoms with Crippen LogP contribution in [0.3, 0.4) is 0 Å². The van der Waals surface area contributed by atoms with Crippen LogP contribution in [0.25, 0.3) is 0 Å². The van der Waals surface area contributed by atoms with Crippen LogP contribution in [-0.4, -0.2) is 98.3 Å². The maximum Gasteiger partial charge on any atom is 0.472 e. The maximum atomic E-state index is 12.8. The monoisotopic (exact) mass is 863 g/mol. The normalized spacial score (nSPS) is 22.5. The number of aliphatic hydroxyl groups is 5. The number of unbranched alkanes of at least 4 members (excludes halogenated alkanes) is 22. The largest absolute Gasteiger partial charge is 0.472 e. The van der Waals surface area contributed by atoms with E-state index in [1.54, 1.807) is 0 Å². The standard InChI is InChI=1S/C45H83O13P/c1-3-5-7-9-11-13-15-17-19-21-23-25-27-29-31-33-38(46)55-35-37(36-56-59(53,54)58-45-43(51)41(49)40(48)42(50)44(45)52)57-39(47)34-32-30-28-26-24-22-20-18-16-14-12-10-8-6-4-2/h12,14,18,20,37,40-45,48-52H,3-11,13,15-17,19,21-36H2,1-2H3,(H,53,54)/t37-,40?,41-,42?,43?,44?,45?/m1/s1. The van der Waals surface area contributed by atoms with Gasteiger partial charge in [-0.05, 0) is 44.9 Å². The van der Waals surface area contributed by atoms with Gasteiger partial charge in [0.1, 0.15) is 43.2 Å². The quantitative estimate of drug-likeness (QED) is 0.0149. The molecule has 0 heterocycles. The van der Waals surface area contributed by atoms with Gasteiger partial charge in [0.2, 0.25) is 0 Å². The molecule has 0 radical (unpaired) electrons. The van der Waals surface area contributed by atoms with Gasteiger partial charge in [0.05, 0.1) is 6.61 Å². The number of allylic oxidation sites excluding steroid dienone is 4. The Morgan fingerprint density at radius 3 is 1.41 bits per heavy atom. The molecule has 0 aromatic rings. The summed E-state index contributed by atoms with van der Waals surface area (Å²) >= 11 is 0. The summed E-state index contributed by atoms with van der Waals surface area (Å²) < 4.78 is 33.5. The van der Waals surface area contributed by atoms with Gasteiger partial charge in [-0.2, -0.15) is 0 Å². The van der Waals surface area contributed by atoms with Crippen LogP contribution in [0.15, 0.2) is 24.3 Å². The van der Waals surface area contributed by atoms with Gasteiger partial charge >= 0.3 is 19.8 Å². The van der Waals surface area contributed by atoms with Crippen molar-refractivity contribution in [1.29, 1.82) is 0 Å². The lowest BCUT2D eigenvalue weighted by Gasteiger charge is -2.41.